The van der Waals surface area contributed by atoms with Gasteiger partial charge < -0.3 is 19.9 Å². The zero-order valence-electron chi connectivity index (χ0n) is 9.62. The van der Waals surface area contributed by atoms with Crippen molar-refractivity contribution in [3.8, 4) is 5.75 Å². The predicted molar refractivity (Wildman–Crippen MR) is 57.7 cm³/mol. The van der Waals surface area contributed by atoms with Crippen LogP contribution < -0.4 is 10.5 Å². The van der Waals surface area contributed by atoms with Crippen LogP contribution >= 0.6 is 0 Å². The number of nitrogens with two attached hydrogens (primary N) is 1. The molecule has 1 aromatic rings. The van der Waals surface area contributed by atoms with Crippen LogP contribution in [0.3, 0.4) is 0 Å². The largest absolute Gasteiger partial charge is 0.496 e. The highest BCUT2D eigenvalue weighted by Gasteiger charge is 2.34. The summed E-state index contributed by atoms with van der Waals surface area (Å²) in [4.78, 5) is 0. The van der Waals surface area contributed by atoms with E-state index in [0.717, 1.165) is 0 Å². The quantitative estimate of drug-likeness (QED) is 0.772. The summed E-state index contributed by atoms with van der Waals surface area (Å²) < 4.78 is 28.8. The molecule has 2 N–H and O–H groups in total. The fraction of sp³-hybridized carbons (Fsp3) is 0.455. The number of methoxy groups -OCH3 is 3. The minimum atomic E-state index is -1.19. The third kappa shape index (κ3) is 2.16. The third-order valence-corrected chi connectivity index (χ3v) is 2.50. The highest BCUT2D eigenvalue weighted by Crippen LogP contribution is 2.33. The summed E-state index contributed by atoms with van der Waals surface area (Å²) in [5, 5.41) is 0. The molecule has 0 bridgehead atoms. The summed E-state index contributed by atoms with van der Waals surface area (Å²) in [6.45, 7) is 0.0554. The first kappa shape index (κ1) is 12.9. The monoisotopic (exact) mass is 229 g/mol. The predicted octanol–water partition coefficient (Wildman–Crippen LogP) is 1.24. The molecule has 0 aromatic heterocycles. The van der Waals surface area contributed by atoms with Gasteiger partial charge in [0.2, 0.25) is 5.79 Å². The molecular formula is C11H16FNO3. The van der Waals surface area contributed by atoms with E-state index >= 15 is 0 Å². The molecule has 0 saturated carbocycles. The zero-order chi connectivity index (χ0) is 12.2. The van der Waals surface area contributed by atoms with Crippen molar-refractivity contribution in [1.29, 1.82) is 0 Å². The Morgan fingerprint density at radius 3 is 2.31 bits per heavy atom. The van der Waals surface area contributed by atoms with Gasteiger partial charge in [-0.25, -0.2) is 4.39 Å². The number of benzene rings is 1. The van der Waals surface area contributed by atoms with E-state index in [1.165, 1.54) is 39.5 Å². The molecular weight excluding hydrogens is 213 g/mol. The highest BCUT2D eigenvalue weighted by atomic mass is 19.1. The molecule has 0 spiro atoms. The van der Waals surface area contributed by atoms with Crippen LogP contribution in [-0.4, -0.2) is 27.9 Å². The molecule has 0 aliphatic rings. The first-order valence-corrected chi connectivity index (χ1v) is 4.78. The average molecular weight is 229 g/mol. The Balaban J connectivity index is 3.32. The van der Waals surface area contributed by atoms with Crippen LogP contribution in [0.15, 0.2) is 18.2 Å². The van der Waals surface area contributed by atoms with E-state index in [-0.39, 0.29) is 6.54 Å². The van der Waals surface area contributed by atoms with Gasteiger partial charge in [-0.05, 0) is 18.2 Å². The molecule has 0 fully saturated rings. The second-order valence-corrected chi connectivity index (χ2v) is 3.21. The van der Waals surface area contributed by atoms with Gasteiger partial charge in [0, 0.05) is 14.2 Å². The topological polar surface area (TPSA) is 53.7 Å². The van der Waals surface area contributed by atoms with Crippen LogP contribution in [0, 0.1) is 5.82 Å². The van der Waals surface area contributed by atoms with Crippen LogP contribution in [0.4, 0.5) is 4.39 Å². The van der Waals surface area contributed by atoms with Gasteiger partial charge in [-0.2, -0.15) is 0 Å². The summed E-state index contributed by atoms with van der Waals surface area (Å²) in [6, 6.07) is 4.10. The smallest absolute Gasteiger partial charge is 0.210 e. The molecule has 5 heteroatoms. The van der Waals surface area contributed by atoms with Crippen molar-refractivity contribution in [2.24, 2.45) is 5.73 Å². The first-order chi connectivity index (χ1) is 7.63. The lowest BCUT2D eigenvalue weighted by molar-refractivity contribution is -0.208. The van der Waals surface area contributed by atoms with E-state index in [9.17, 15) is 4.39 Å². The Bertz CT molecular complexity index is 345. The molecule has 0 saturated heterocycles. The minimum Gasteiger partial charge on any atom is -0.496 e. The van der Waals surface area contributed by atoms with Crippen molar-refractivity contribution < 1.29 is 18.6 Å². The standard InChI is InChI=1S/C11H16FNO3/c1-14-10-5-4-8(12)6-9(10)11(7-13,15-2)16-3/h4-6H,7,13H2,1-3H3. The maximum absolute atomic E-state index is 13.2. The Labute approximate surface area is 94.1 Å². The molecule has 0 unspecified atom stereocenters. The second-order valence-electron chi connectivity index (χ2n) is 3.21. The van der Waals surface area contributed by atoms with Gasteiger partial charge in [-0.1, -0.05) is 0 Å². The first-order valence-electron chi connectivity index (χ1n) is 4.78. The Kier molecular flexibility index (Phi) is 4.23. The van der Waals surface area contributed by atoms with Crippen LogP contribution in [0.1, 0.15) is 5.56 Å². The maximum atomic E-state index is 13.2. The fourth-order valence-electron chi connectivity index (χ4n) is 1.56. The SMILES string of the molecule is COc1ccc(F)cc1C(CN)(OC)OC. The molecule has 0 radical (unpaired) electrons. The van der Waals surface area contributed by atoms with Crippen LogP contribution in [0.2, 0.25) is 0 Å². The normalized spacial score (nSPS) is 11.6. The summed E-state index contributed by atoms with van der Waals surface area (Å²) in [5.74, 6) is -1.12. The van der Waals surface area contributed by atoms with Gasteiger partial charge >= 0.3 is 0 Å². The van der Waals surface area contributed by atoms with Crippen LogP contribution in [0.5, 0.6) is 5.75 Å². The molecule has 90 valence electrons. The molecule has 0 amide bonds. The molecule has 0 aliphatic carbocycles. The van der Waals surface area contributed by atoms with Crippen molar-refractivity contribution in [2.75, 3.05) is 27.9 Å². The number of rotatable bonds is 5. The van der Waals surface area contributed by atoms with E-state index in [2.05, 4.69) is 0 Å². The molecule has 16 heavy (non-hydrogen) atoms. The summed E-state index contributed by atoms with van der Waals surface area (Å²) in [7, 11) is 4.38. The van der Waals surface area contributed by atoms with Crippen molar-refractivity contribution in [3.63, 3.8) is 0 Å². The van der Waals surface area contributed by atoms with Crippen molar-refractivity contribution >= 4 is 0 Å². The van der Waals surface area contributed by atoms with E-state index in [1.807, 2.05) is 0 Å². The molecule has 0 heterocycles. The molecule has 1 aromatic carbocycles. The van der Waals surface area contributed by atoms with Crippen molar-refractivity contribution in [3.05, 3.63) is 29.6 Å². The lowest BCUT2D eigenvalue weighted by Gasteiger charge is -2.30. The summed E-state index contributed by atoms with van der Waals surface area (Å²) >= 11 is 0. The van der Waals surface area contributed by atoms with Gasteiger partial charge in [-0.15, -0.1) is 0 Å². The Morgan fingerprint density at radius 2 is 1.88 bits per heavy atom. The molecule has 4 nitrogen and oxygen atoms in total. The number of hydrogen-bond acceptors (Lipinski definition) is 4. The van der Waals surface area contributed by atoms with Gasteiger partial charge in [-0.3, -0.25) is 0 Å². The van der Waals surface area contributed by atoms with E-state index in [4.69, 9.17) is 19.9 Å². The molecule has 0 aliphatic heterocycles. The van der Waals surface area contributed by atoms with Gasteiger partial charge in [0.25, 0.3) is 0 Å². The van der Waals surface area contributed by atoms with Crippen LogP contribution in [0.25, 0.3) is 0 Å². The van der Waals surface area contributed by atoms with E-state index in [0.29, 0.717) is 11.3 Å². The molecule has 1 rings (SSSR count). The van der Waals surface area contributed by atoms with Crippen molar-refractivity contribution in [2.45, 2.75) is 5.79 Å². The lowest BCUT2D eigenvalue weighted by Crippen LogP contribution is -2.39. The minimum absolute atomic E-state index is 0.0554. The highest BCUT2D eigenvalue weighted by molar-refractivity contribution is 5.37. The van der Waals surface area contributed by atoms with Gasteiger partial charge in [0.15, 0.2) is 0 Å². The Morgan fingerprint density at radius 1 is 1.25 bits per heavy atom. The summed E-state index contributed by atoms with van der Waals surface area (Å²) in [6.07, 6.45) is 0. The van der Waals surface area contributed by atoms with E-state index in [1.54, 1.807) is 0 Å². The fourth-order valence-corrected chi connectivity index (χ4v) is 1.56. The van der Waals surface area contributed by atoms with E-state index < -0.39 is 11.6 Å². The number of ether oxygens (including phenoxy) is 3. The Hall–Kier alpha value is -1.17. The summed E-state index contributed by atoms with van der Waals surface area (Å²) in [5.41, 5.74) is 6.04. The average Bonchev–Trinajstić information content (AvgIpc) is 2.32. The van der Waals surface area contributed by atoms with Gasteiger partial charge in [0.05, 0.1) is 19.2 Å². The number of halogens is 1. The van der Waals surface area contributed by atoms with Gasteiger partial charge in [0.1, 0.15) is 11.6 Å². The number of hydrogen-bond donors (Lipinski definition) is 1. The van der Waals surface area contributed by atoms with Crippen molar-refractivity contribution in [1.82, 2.24) is 0 Å². The van der Waals surface area contributed by atoms with Crippen LogP contribution in [-0.2, 0) is 15.3 Å². The lowest BCUT2D eigenvalue weighted by atomic mass is 10.0. The second kappa shape index (κ2) is 5.25. The third-order valence-electron chi connectivity index (χ3n) is 2.50. The maximum Gasteiger partial charge on any atom is 0.210 e. The zero-order valence-corrected chi connectivity index (χ0v) is 9.62. The molecule has 0 atom stereocenters.